The van der Waals surface area contributed by atoms with Gasteiger partial charge >= 0.3 is 11.9 Å². The van der Waals surface area contributed by atoms with E-state index in [1.54, 1.807) is 45.0 Å². The first-order chi connectivity index (χ1) is 14.8. The highest BCUT2D eigenvalue weighted by molar-refractivity contribution is 5.91. The molecule has 0 heterocycles. The summed E-state index contributed by atoms with van der Waals surface area (Å²) in [4.78, 5) is 48.4. The second kappa shape index (κ2) is 9.71. The van der Waals surface area contributed by atoms with E-state index in [2.05, 4.69) is 10.6 Å². The molecule has 1 aromatic carbocycles. The minimum atomic E-state index is -1.16. The highest BCUT2D eigenvalue weighted by atomic mass is 16.4. The third kappa shape index (κ3) is 5.47. The summed E-state index contributed by atoms with van der Waals surface area (Å²) in [5.74, 6) is -2.99. The van der Waals surface area contributed by atoms with E-state index in [0.717, 1.165) is 0 Å². The average molecular weight is 447 g/mol. The van der Waals surface area contributed by atoms with Gasteiger partial charge in [0.25, 0.3) is 0 Å². The van der Waals surface area contributed by atoms with Crippen molar-refractivity contribution in [3.05, 3.63) is 29.8 Å². The fourth-order valence-corrected chi connectivity index (χ4v) is 4.36. The van der Waals surface area contributed by atoms with Crippen molar-refractivity contribution in [2.75, 3.05) is 5.32 Å². The van der Waals surface area contributed by atoms with E-state index in [1.807, 2.05) is 13.8 Å². The molecule has 176 valence electrons. The Balaban J connectivity index is 2.06. The Bertz CT molecular complexity index is 877. The number of hydrogen-bond donors (Lipinski definition) is 4. The van der Waals surface area contributed by atoms with E-state index in [4.69, 9.17) is 0 Å². The fraction of sp³-hybridized carbons (Fsp3) is 0.583. The Morgan fingerprint density at radius 1 is 1.06 bits per heavy atom. The molecule has 3 atom stereocenters. The van der Waals surface area contributed by atoms with Crippen LogP contribution >= 0.6 is 0 Å². The molecule has 2 amide bonds. The summed E-state index contributed by atoms with van der Waals surface area (Å²) in [5, 5.41) is 24.7. The SMILES string of the molecule is CC(C)CC(=O)Nc1ccc(C[C@H](NC(=O)C2CCC(C)(C(=O)O)C2(C)C)C(=O)O)cc1. The number of carbonyl (C=O) groups excluding carboxylic acids is 2. The summed E-state index contributed by atoms with van der Waals surface area (Å²) < 4.78 is 0. The largest absolute Gasteiger partial charge is 0.481 e. The van der Waals surface area contributed by atoms with Gasteiger partial charge in [0.2, 0.25) is 11.8 Å². The van der Waals surface area contributed by atoms with E-state index in [9.17, 15) is 29.4 Å². The Labute approximate surface area is 188 Å². The topological polar surface area (TPSA) is 133 Å². The van der Waals surface area contributed by atoms with Gasteiger partial charge in [0.1, 0.15) is 6.04 Å². The summed E-state index contributed by atoms with van der Waals surface area (Å²) >= 11 is 0. The maximum Gasteiger partial charge on any atom is 0.326 e. The number of rotatable bonds is 9. The van der Waals surface area contributed by atoms with Crippen LogP contribution in [0.2, 0.25) is 0 Å². The molecule has 1 aliphatic carbocycles. The van der Waals surface area contributed by atoms with Crippen LogP contribution < -0.4 is 10.6 Å². The van der Waals surface area contributed by atoms with Crippen molar-refractivity contribution < 1.29 is 29.4 Å². The van der Waals surface area contributed by atoms with Crippen molar-refractivity contribution >= 4 is 29.4 Å². The molecule has 8 nitrogen and oxygen atoms in total. The fourth-order valence-electron chi connectivity index (χ4n) is 4.36. The zero-order valence-corrected chi connectivity index (χ0v) is 19.4. The molecule has 4 N–H and O–H groups in total. The highest BCUT2D eigenvalue weighted by Crippen LogP contribution is 2.56. The Morgan fingerprint density at radius 2 is 1.66 bits per heavy atom. The van der Waals surface area contributed by atoms with Crippen LogP contribution in [0.15, 0.2) is 24.3 Å². The predicted molar refractivity (Wildman–Crippen MR) is 120 cm³/mol. The van der Waals surface area contributed by atoms with Gasteiger partial charge in [0.15, 0.2) is 0 Å². The quantitative estimate of drug-likeness (QED) is 0.460. The molecule has 2 rings (SSSR count). The minimum absolute atomic E-state index is 0.0740. The summed E-state index contributed by atoms with van der Waals surface area (Å²) in [5.41, 5.74) is -0.553. The lowest BCUT2D eigenvalue weighted by atomic mass is 9.65. The van der Waals surface area contributed by atoms with Gasteiger partial charge in [-0.25, -0.2) is 4.79 Å². The number of hydrogen-bond acceptors (Lipinski definition) is 4. The summed E-state index contributed by atoms with van der Waals surface area (Å²) in [6, 6.07) is 5.69. The molecule has 32 heavy (non-hydrogen) atoms. The van der Waals surface area contributed by atoms with Gasteiger partial charge in [-0.15, -0.1) is 0 Å². The van der Waals surface area contributed by atoms with E-state index in [1.165, 1.54) is 0 Å². The maximum absolute atomic E-state index is 12.9. The monoisotopic (exact) mass is 446 g/mol. The number of aliphatic carboxylic acids is 2. The van der Waals surface area contributed by atoms with Crippen LogP contribution in [0, 0.1) is 22.7 Å². The van der Waals surface area contributed by atoms with Crippen molar-refractivity contribution in [2.24, 2.45) is 22.7 Å². The standard InChI is InChI=1S/C24H34N2O6/c1-14(2)12-19(27)25-16-8-6-15(7-9-16)13-18(21(29)30)26-20(28)17-10-11-24(5,22(31)32)23(17,3)4/h6-9,14,17-18H,10-13H2,1-5H3,(H,25,27)(H,26,28)(H,29,30)(H,31,32)/t17?,18-,24?/m0/s1. The van der Waals surface area contributed by atoms with E-state index in [0.29, 0.717) is 30.5 Å². The van der Waals surface area contributed by atoms with Crippen molar-refractivity contribution in [3.8, 4) is 0 Å². The first-order valence-corrected chi connectivity index (χ1v) is 10.9. The molecular weight excluding hydrogens is 412 g/mol. The van der Waals surface area contributed by atoms with Gasteiger partial charge in [-0.1, -0.05) is 39.8 Å². The van der Waals surface area contributed by atoms with Gasteiger partial charge in [0.05, 0.1) is 5.41 Å². The minimum Gasteiger partial charge on any atom is -0.481 e. The van der Waals surface area contributed by atoms with Crippen molar-refractivity contribution in [1.82, 2.24) is 5.32 Å². The van der Waals surface area contributed by atoms with E-state index >= 15 is 0 Å². The van der Waals surface area contributed by atoms with Crippen LogP contribution in [0.25, 0.3) is 0 Å². The first kappa shape index (κ1) is 25.4. The van der Waals surface area contributed by atoms with Gasteiger partial charge < -0.3 is 20.8 Å². The molecule has 2 unspecified atom stereocenters. The number of carbonyl (C=O) groups is 4. The van der Waals surface area contributed by atoms with Crippen LogP contribution in [0.3, 0.4) is 0 Å². The van der Waals surface area contributed by atoms with E-state index < -0.39 is 40.6 Å². The van der Waals surface area contributed by atoms with Crippen molar-refractivity contribution in [3.63, 3.8) is 0 Å². The molecular formula is C24H34N2O6. The second-order valence-electron chi connectivity index (χ2n) is 9.90. The molecule has 0 spiro atoms. The lowest BCUT2D eigenvalue weighted by Crippen LogP contribution is -2.49. The molecule has 1 aromatic rings. The van der Waals surface area contributed by atoms with Gasteiger partial charge in [-0.2, -0.15) is 0 Å². The summed E-state index contributed by atoms with van der Waals surface area (Å²) in [6.07, 6.45) is 1.23. The lowest BCUT2D eigenvalue weighted by molar-refractivity contribution is -0.155. The van der Waals surface area contributed by atoms with Crippen LogP contribution in [-0.2, 0) is 25.6 Å². The number of carboxylic acid groups (broad SMARTS) is 2. The second-order valence-corrected chi connectivity index (χ2v) is 9.90. The van der Waals surface area contributed by atoms with Crippen molar-refractivity contribution in [2.45, 2.75) is 66.3 Å². The number of benzene rings is 1. The van der Waals surface area contributed by atoms with Crippen LogP contribution in [0.4, 0.5) is 5.69 Å². The summed E-state index contributed by atoms with van der Waals surface area (Å²) in [6.45, 7) is 9.05. The molecule has 8 heteroatoms. The Hall–Kier alpha value is -2.90. The molecule has 0 aliphatic heterocycles. The number of amides is 2. The number of carboxylic acids is 2. The first-order valence-electron chi connectivity index (χ1n) is 10.9. The molecule has 0 aromatic heterocycles. The van der Waals surface area contributed by atoms with Gasteiger partial charge in [-0.3, -0.25) is 14.4 Å². The molecule has 0 bridgehead atoms. The maximum atomic E-state index is 12.9. The van der Waals surface area contributed by atoms with Crippen LogP contribution in [-0.4, -0.2) is 40.0 Å². The third-order valence-corrected chi connectivity index (χ3v) is 6.90. The summed E-state index contributed by atoms with van der Waals surface area (Å²) in [7, 11) is 0. The normalized spacial score (nSPS) is 22.9. The Kier molecular flexibility index (Phi) is 7.70. The predicted octanol–water partition coefficient (Wildman–Crippen LogP) is 3.31. The zero-order valence-electron chi connectivity index (χ0n) is 19.4. The number of nitrogens with one attached hydrogen (secondary N) is 2. The average Bonchev–Trinajstić information content (AvgIpc) is 2.92. The third-order valence-electron chi connectivity index (χ3n) is 6.90. The number of anilines is 1. The lowest BCUT2D eigenvalue weighted by Gasteiger charge is -2.38. The van der Waals surface area contributed by atoms with Gasteiger partial charge in [-0.05, 0) is 48.8 Å². The molecule has 0 radical (unpaired) electrons. The Morgan fingerprint density at radius 3 is 2.12 bits per heavy atom. The van der Waals surface area contributed by atoms with Crippen molar-refractivity contribution in [1.29, 1.82) is 0 Å². The molecule has 1 fully saturated rings. The smallest absolute Gasteiger partial charge is 0.326 e. The van der Waals surface area contributed by atoms with Crippen LogP contribution in [0.1, 0.15) is 59.4 Å². The highest BCUT2D eigenvalue weighted by Gasteiger charge is 2.58. The van der Waals surface area contributed by atoms with Crippen LogP contribution in [0.5, 0.6) is 0 Å². The molecule has 1 aliphatic rings. The molecule has 0 saturated heterocycles. The molecule has 1 saturated carbocycles. The zero-order chi connectivity index (χ0) is 24.3. The van der Waals surface area contributed by atoms with Gasteiger partial charge in [0, 0.05) is 24.4 Å². The van der Waals surface area contributed by atoms with E-state index in [-0.39, 0.29) is 18.2 Å².